The fourth-order valence-corrected chi connectivity index (χ4v) is 2.38. The molecule has 3 N–H and O–H groups in total. The molecule has 21 heavy (non-hydrogen) atoms. The number of hydrogen-bond acceptors (Lipinski definition) is 2. The van der Waals surface area contributed by atoms with Crippen LogP contribution >= 0.6 is 0 Å². The van der Waals surface area contributed by atoms with Crippen molar-refractivity contribution in [3.8, 4) is 0 Å². The zero-order valence-electron chi connectivity index (χ0n) is 11.7. The van der Waals surface area contributed by atoms with Crippen molar-refractivity contribution in [1.29, 1.82) is 0 Å². The number of nitrogens with two attached hydrogens (primary N) is 1. The summed E-state index contributed by atoms with van der Waals surface area (Å²) in [5.41, 5.74) is 4.70. The molecule has 0 bridgehead atoms. The Bertz CT molecular complexity index is 510. The average molecular weight is 307 g/mol. The maximum absolute atomic E-state index is 13.8. The molecule has 1 rings (SSSR count). The predicted octanol–water partition coefficient (Wildman–Crippen LogP) is 3.17. The summed E-state index contributed by atoms with van der Waals surface area (Å²) in [5.74, 6) is -8.55. The minimum atomic E-state index is -1.48. The van der Waals surface area contributed by atoms with Gasteiger partial charge in [0, 0.05) is 11.6 Å². The van der Waals surface area contributed by atoms with E-state index >= 15 is 0 Å². The summed E-state index contributed by atoms with van der Waals surface area (Å²) in [7, 11) is 0. The lowest BCUT2D eigenvalue weighted by atomic mass is 9.81. The van der Waals surface area contributed by atoms with Gasteiger partial charge in [-0.15, -0.1) is 0 Å². The summed E-state index contributed by atoms with van der Waals surface area (Å²) in [6, 6.07) is -1.06. The first kappa shape index (κ1) is 17.4. The van der Waals surface area contributed by atoms with E-state index in [2.05, 4.69) is 0 Å². The van der Waals surface area contributed by atoms with Crippen molar-refractivity contribution in [3.05, 3.63) is 34.9 Å². The Balaban J connectivity index is 3.16. The van der Waals surface area contributed by atoms with Gasteiger partial charge in [0.15, 0.2) is 23.3 Å². The molecule has 3 atom stereocenters. The van der Waals surface area contributed by atoms with Gasteiger partial charge in [0.25, 0.3) is 0 Å². The summed E-state index contributed by atoms with van der Waals surface area (Å²) in [6.45, 7) is 3.07. The Labute approximate surface area is 119 Å². The minimum Gasteiger partial charge on any atom is -0.480 e. The van der Waals surface area contributed by atoms with E-state index in [1.807, 2.05) is 0 Å². The van der Waals surface area contributed by atoms with Crippen LogP contribution in [0.1, 0.15) is 38.2 Å². The number of carbonyl (C=O) groups is 1. The van der Waals surface area contributed by atoms with Gasteiger partial charge < -0.3 is 10.8 Å². The maximum Gasteiger partial charge on any atom is 0.320 e. The van der Waals surface area contributed by atoms with Crippen LogP contribution in [0.2, 0.25) is 0 Å². The third kappa shape index (κ3) is 3.72. The van der Waals surface area contributed by atoms with Crippen LogP contribution < -0.4 is 5.73 Å². The first-order chi connectivity index (χ1) is 9.70. The van der Waals surface area contributed by atoms with Crippen LogP contribution in [-0.4, -0.2) is 17.1 Å². The molecule has 1 aromatic carbocycles. The van der Waals surface area contributed by atoms with Gasteiger partial charge in [-0.3, -0.25) is 4.79 Å². The molecule has 0 aliphatic heterocycles. The van der Waals surface area contributed by atoms with Crippen molar-refractivity contribution in [2.24, 2.45) is 11.7 Å². The Morgan fingerprint density at radius 1 is 1.24 bits per heavy atom. The van der Waals surface area contributed by atoms with Crippen LogP contribution in [0, 0.1) is 29.2 Å². The standard InChI is InChI=1S/C14H17F4NO2/c1-3-7(4-10(19)14(20)21)6(2)11-12(17)8(15)5-9(16)13(11)18/h5-7,10H,3-4,19H2,1-2H3,(H,20,21). The van der Waals surface area contributed by atoms with E-state index < -0.39 is 52.7 Å². The number of rotatable bonds is 6. The van der Waals surface area contributed by atoms with E-state index in [0.717, 1.165) is 0 Å². The summed E-state index contributed by atoms with van der Waals surface area (Å²) in [5, 5.41) is 8.78. The van der Waals surface area contributed by atoms with E-state index in [0.29, 0.717) is 6.42 Å². The van der Waals surface area contributed by atoms with E-state index in [1.165, 1.54) is 6.92 Å². The molecule has 0 heterocycles. The van der Waals surface area contributed by atoms with Crippen LogP contribution in [0.4, 0.5) is 17.6 Å². The molecular formula is C14H17F4NO2. The second-order valence-electron chi connectivity index (χ2n) is 5.02. The molecule has 0 saturated heterocycles. The fourth-order valence-electron chi connectivity index (χ4n) is 2.38. The molecule has 0 fully saturated rings. The van der Waals surface area contributed by atoms with E-state index in [4.69, 9.17) is 10.8 Å². The van der Waals surface area contributed by atoms with Crippen molar-refractivity contribution in [3.63, 3.8) is 0 Å². The summed E-state index contributed by atoms with van der Waals surface area (Å²) < 4.78 is 54.0. The maximum atomic E-state index is 13.8. The topological polar surface area (TPSA) is 63.3 Å². The molecule has 0 saturated carbocycles. The average Bonchev–Trinajstić information content (AvgIpc) is 2.42. The Morgan fingerprint density at radius 2 is 1.71 bits per heavy atom. The Hall–Kier alpha value is -1.63. The number of hydrogen-bond donors (Lipinski definition) is 2. The van der Waals surface area contributed by atoms with Crippen molar-refractivity contribution in [2.75, 3.05) is 0 Å². The zero-order valence-corrected chi connectivity index (χ0v) is 11.7. The number of halogens is 4. The van der Waals surface area contributed by atoms with Crippen molar-refractivity contribution in [1.82, 2.24) is 0 Å². The van der Waals surface area contributed by atoms with Gasteiger partial charge in [-0.1, -0.05) is 20.3 Å². The SMILES string of the molecule is CCC(CC(N)C(=O)O)C(C)c1c(F)c(F)cc(F)c1F. The van der Waals surface area contributed by atoms with E-state index in [1.54, 1.807) is 6.92 Å². The van der Waals surface area contributed by atoms with E-state index in [9.17, 15) is 22.4 Å². The van der Waals surface area contributed by atoms with Gasteiger partial charge >= 0.3 is 5.97 Å². The van der Waals surface area contributed by atoms with Crippen molar-refractivity contribution >= 4 is 5.97 Å². The Morgan fingerprint density at radius 3 is 2.10 bits per heavy atom. The molecule has 1 aromatic rings. The highest BCUT2D eigenvalue weighted by Gasteiger charge is 2.30. The Kier molecular flexibility index (Phi) is 5.71. The second kappa shape index (κ2) is 6.89. The molecule has 0 aliphatic carbocycles. The normalized spacial score (nSPS) is 15.6. The number of carboxylic acids is 1. The second-order valence-corrected chi connectivity index (χ2v) is 5.02. The molecule has 0 radical (unpaired) electrons. The molecule has 0 spiro atoms. The molecule has 3 unspecified atom stereocenters. The lowest BCUT2D eigenvalue weighted by molar-refractivity contribution is -0.139. The van der Waals surface area contributed by atoms with E-state index in [-0.39, 0.29) is 12.5 Å². The van der Waals surface area contributed by atoms with Crippen molar-refractivity contribution in [2.45, 2.75) is 38.6 Å². The van der Waals surface area contributed by atoms with Crippen LogP contribution in [0.15, 0.2) is 6.07 Å². The predicted molar refractivity (Wildman–Crippen MR) is 68.7 cm³/mol. The largest absolute Gasteiger partial charge is 0.480 e. The van der Waals surface area contributed by atoms with Gasteiger partial charge in [-0.25, -0.2) is 17.6 Å². The molecule has 0 aliphatic rings. The molecular weight excluding hydrogens is 290 g/mol. The van der Waals surface area contributed by atoms with Crippen LogP contribution in [0.25, 0.3) is 0 Å². The third-order valence-electron chi connectivity index (χ3n) is 3.71. The van der Waals surface area contributed by atoms with Crippen molar-refractivity contribution < 1.29 is 27.5 Å². The third-order valence-corrected chi connectivity index (χ3v) is 3.71. The lowest BCUT2D eigenvalue weighted by Crippen LogP contribution is -2.33. The highest BCUT2D eigenvalue weighted by Crippen LogP contribution is 2.35. The smallest absolute Gasteiger partial charge is 0.320 e. The molecule has 0 aromatic heterocycles. The van der Waals surface area contributed by atoms with Gasteiger partial charge in [0.05, 0.1) is 0 Å². The molecule has 118 valence electrons. The lowest BCUT2D eigenvalue weighted by Gasteiger charge is -2.25. The molecule has 7 heteroatoms. The van der Waals surface area contributed by atoms with Gasteiger partial charge in [0.2, 0.25) is 0 Å². The zero-order chi connectivity index (χ0) is 16.3. The van der Waals surface area contributed by atoms with Crippen LogP contribution in [0.3, 0.4) is 0 Å². The van der Waals surface area contributed by atoms with Gasteiger partial charge in [-0.2, -0.15) is 0 Å². The fraction of sp³-hybridized carbons (Fsp3) is 0.500. The summed E-state index contributed by atoms with van der Waals surface area (Å²) in [4.78, 5) is 10.8. The first-order valence-electron chi connectivity index (χ1n) is 6.51. The first-order valence-corrected chi connectivity index (χ1v) is 6.51. The monoisotopic (exact) mass is 307 g/mol. The minimum absolute atomic E-state index is 0.0516. The number of benzene rings is 1. The van der Waals surface area contributed by atoms with Crippen LogP contribution in [0.5, 0.6) is 0 Å². The highest BCUT2D eigenvalue weighted by atomic mass is 19.2. The summed E-state index contributed by atoms with van der Waals surface area (Å²) >= 11 is 0. The number of carboxylic acid groups (broad SMARTS) is 1. The molecule has 0 amide bonds. The highest BCUT2D eigenvalue weighted by molar-refractivity contribution is 5.73. The quantitative estimate of drug-likeness (QED) is 0.627. The molecule has 3 nitrogen and oxygen atoms in total. The van der Waals surface area contributed by atoms with Gasteiger partial charge in [0.1, 0.15) is 6.04 Å². The summed E-state index contributed by atoms with van der Waals surface area (Å²) in [6.07, 6.45) is 0.309. The van der Waals surface area contributed by atoms with Gasteiger partial charge in [-0.05, 0) is 18.3 Å². The number of aliphatic carboxylic acids is 1. The van der Waals surface area contributed by atoms with Crippen LogP contribution in [-0.2, 0) is 4.79 Å².